The molecule has 118 valence electrons. The average molecular weight is 302 g/mol. The Labute approximate surface area is 130 Å². The molecule has 0 fully saturated rings. The quantitative estimate of drug-likeness (QED) is 0.348. The molecule has 1 aromatic rings. The molecular formula is C18H22O4. The molecule has 4 heteroatoms. The van der Waals surface area contributed by atoms with Crippen LogP contribution in [0.25, 0.3) is 5.57 Å². The Kier molecular flexibility index (Phi) is 6.11. The van der Waals surface area contributed by atoms with Crippen molar-refractivity contribution in [2.45, 2.75) is 40.0 Å². The number of carbonyl (C=O) groups is 2. The van der Waals surface area contributed by atoms with Gasteiger partial charge in [0.15, 0.2) is 0 Å². The lowest BCUT2D eigenvalue weighted by Gasteiger charge is -2.14. The molecule has 1 rings (SSSR count). The van der Waals surface area contributed by atoms with Crippen molar-refractivity contribution in [2.75, 3.05) is 0 Å². The third-order valence-corrected chi connectivity index (χ3v) is 3.46. The molecule has 0 atom stereocenters. The molecule has 4 nitrogen and oxygen atoms in total. The van der Waals surface area contributed by atoms with Crippen LogP contribution in [0.2, 0.25) is 0 Å². The Hall–Kier alpha value is -2.36. The highest BCUT2D eigenvalue weighted by Gasteiger charge is 2.23. The number of allylic oxidation sites excluding steroid dienone is 2. The van der Waals surface area contributed by atoms with E-state index < -0.39 is 17.5 Å². The normalized spacial score (nSPS) is 10.1. The second-order valence-electron chi connectivity index (χ2n) is 5.30. The Morgan fingerprint density at radius 3 is 2.14 bits per heavy atom. The molecule has 0 aliphatic rings. The highest BCUT2D eigenvalue weighted by molar-refractivity contribution is 6.18. The zero-order valence-corrected chi connectivity index (χ0v) is 13.3. The smallest absolute Gasteiger partial charge is 0.343 e. The Morgan fingerprint density at radius 1 is 1.14 bits per heavy atom. The molecule has 0 aromatic heterocycles. The lowest BCUT2D eigenvalue weighted by molar-refractivity contribution is -0.140. The van der Waals surface area contributed by atoms with Gasteiger partial charge in [0.05, 0.1) is 0 Å². The summed E-state index contributed by atoms with van der Waals surface area (Å²) < 4.78 is 0. The van der Waals surface area contributed by atoms with Crippen LogP contribution < -0.4 is 0 Å². The van der Waals surface area contributed by atoms with Crippen LogP contribution in [-0.4, -0.2) is 22.2 Å². The van der Waals surface area contributed by atoms with E-state index in [1.807, 2.05) is 32.0 Å². The molecule has 2 N–H and O–H groups in total. The van der Waals surface area contributed by atoms with Gasteiger partial charge in [-0.05, 0) is 48.4 Å². The van der Waals surface area contributed by atoms with Gasteiger partial charge in [0.2, 0.25) is 0 Å². The summed E-state index contributed by atoms with van der Waals surface area (Å²) in [5, 5.41) is 18.4. The van der Waals surface area contributed by atoms with E-state index in [-0.39, 0.29) is 0 Å². The van der Waals surface area contributed by atoms with Crippen LogP contribution in [0, 0.1) is 0 Å². The van der Waals surface area contributed by atoms with Gasteiger partial charge in [0.1, 0.15) is 5.57 Å². The van der Waals surface area contributed by atoms with Crippen LogP contribution in [-0.2, 0) is 22.4 Å². The second kappa shape index (κ2) is 7.59. The Morgan fingerprint density at radius 2 is 1.73 bits per heavy atom. The van der Waals surface area contributed by atoms with Crippen molar-refractivity contribution in [3.63, 3.8) is 0 Å². The minimum Gasteiger partial charge on any atom is -0.477 e. The maximum Gasteiger partial charge on any atom is 0.343 e. The summed E-state index contributed by atoms with van der Waals surface area (Å²) in [7, 11) is 0. The molecule has 0 aliphatic carbocycles. The first kappa shape index (κ1) is 17.7. The average Bonchev–Trinajstić information content (AvgIpc) is 2.43. The molecule has 0 aliphatic heterocycles. The van der Waals surface area contributed by atoms with E-state index in [0.29, 0.717) is 24.0 Å². The lowest BCUT2D eigenvalue weighted by Crippen LogP contribution is -2.14. The third kappa shape index (κ3) is 4.07. The van der Waals surface area contributed by atoms with Crippen molar-refractivity contribution in [1.82, 2.24) is 0 Å². The van der Waals surface area contributed by atoms with Gasteiger partial charge in [-0.2, -0.15) is 0 Å². The fraction of sp³-hybridized carbons (Fsp3) is 0.333. The van der Waals surface area contributed by atoms with Crippen LogP contribution >= 0.6 is 0 Å². The van der Waals surface area contributed by atoms with Gasteiger partial charge in [-0.15, -0.1) is 0 Å². The van der Waals surface area contributed by atoms with E-state index >= 15 is 0 Å². The summed E-state index contributed by atoms with van der Waals surface area (Å²) in [6.07, 6.45) is 1.80. The Bertz CT molecular complexity index is 622. The van der Waals surface area contributed by atoms with Crippen molar-refractivity contribution in [3.8, 4) is 0 Å². The number of hydrogen-bond donors (Lipinski definition) is 2. The van der Waals surface area contributed by atoms with Crippen LogP contribution in [0.15, 0.2) is 35.9 Å². The number of hydrogen-bond acceptors (Lipinski definition) is 2. The van der Waals surface area contributed by atoms with Crippen LogP contribution in [0.5, 0.6) is 0 Å². The minimum absolute atomic E-state index is 0.348. The summed E-state index contributed by atoms with van der Waals surface area (Å²) in [5.41, 5.74) is 3.60. The molecule has 0 saturated carbocycles. The van der Waals surface area contributed by atoms with Gasteiger partial charge in [-0.25, -0.2) is 9.59 Å². The Balaban J connectivity index is 3.51. The van der Waals surface area contributed by atoms with Crippen molar-refractivity contribution < 1.29 is 19.8 Å². The van der Waals surface area contributed by atoms with E-state index in [2.05, 4.69) is 6.58 Å². The molecule has 0 radical (unpaired) electrons. The van der Waals surface area contributed by atoms with E-state index in [0.717, 1.165) is 23.1 Å². The third-order valence-electron chi connectivity index (χ3n) is 3.46. The van der Waals surface area contributed by atoms with E-state index in [1.165, 1.54) is 0 Å². The van der Waals surface area contributed by atoms with Gasteiger partial charge in [-0.1, -0.05) is 44.2 Å². The van der Waals surface area contributed by atoms with Gasteiger partial charge in [-0.3, -0.25) is 0 Å². The highest BCUT2D eigenvalue weighted by atomic mass is 16.4. The molecule has 0 amide bonds. The van der Waals surface area contributed by atoms with Crippen molar-refractivity contribution >= 4 is 17.5 Å². The van der Waals surface area contributed by atoms with Crippen molar-refractivity contribution in [1.29, 1.82) is 0 Å². The fourth-order valence-electron chi connectivity index (χ4n) is 2.54. The fourth-order valence-corrected chi connectivity index (χ4v) is 2.54. The lowest BCUT2D eigenvalue weighted by atomic mass is 9.90. The molecule has 0 spiro atoms. The van der Waals surface area contributed by atoms with Crippen molar-refractivity contribution in [3.05, 3.63) is 52.6 Å². The van der Waals surface area contributed by atoms with Crippen LogP contribution in [0.3, 0.4) is 0 Å². The standard InChI is InChI=1S/C18H22O4/c1-5-13-10-12(9-11(3)4)7-8-15(13)14(6-2)16(17(19)20)18(21)22/h7-8,10H,3,5-6,9H2,1-2,4H3,(H,19,20)(H,21,22). The maximum absolute atomic E-state index is 11.3. The number of aliphatic carboxylic acids is 2. The predicted octanol–water partition coefficient (Wildman–Crippen LogP) is 3.70. The first-order valence-electron chi connectivity index (χ1n) is 7.28. The van der Waals surface area contributed by atoms with Crippen molar-refractivity contribution in [2.24, 2.45) is 0 Å². The molecule has 22 heavy (non-hydrogen) atoms. The summed E-state index contributed by atoms with van der Waals surface area (Å²) in [6, 6.07) is 5.73. The first-order chi connectivity index (χ1) is 10.3. The zero-order valence-electron chi connectivity index (χ0n) is 13.3. The summed E-state index contributed by atoms with van der Waals surface area (Å²) in [4.78, 5) is 22.6. The van der Waals surface area contributed by atoms with Crippen LogP contribution in [0.4, 0.5) is 0 Å². The van der Waals surface area contributed by atoms with Gasteiger partial charge in [0.25, 0.3) is 0 Å². The van der Waals surface area contributed by atoms with E-state index in [4.69, 9.17) is 0 Å². The van der Waals surface area contributed by atoms with Gasteiger partial charge >= 0.3 is 11.9 Å². The highest BCUT2D eigenvalue weighted by Crippen LogP contribution is 2.28. The first-order valence-corrected chi connectivity index (χ1v) is 7.28. The van der Waals surface area contributed by atoms with Gasteiger partial charge < -0.3 is 10.2 Å². The zero-order chi connectivity index (χ0) is 16.9. The summed E-state index contributed by atoms with van der Waals surface area (Å²) >= 11 is 0. The number of rotatable bonds is 7. The largest absolute Gasteiger partial charge is 0.477 e. The number of carboxylic acid groups (broad SMARTS) is 2. The van der Waals surface area contributed by atoms with Crippen LogP contribution in [0.1, 0.15) is 43.9 Å². The SMILES string of the molecule is C=C(C)Cc1ccc(C(CC)=C(C(=O)O)C(=O)O)c(CC)c1. The van der Waals surface area contributed by atoms with E-state index in [1.54, 1.807) is 6.92 Å². The molecule has 0 saturated heterocycles. The molecule has 1 aromatic carbocycles. The summed E-state index contributed by atoms with van der Waals surface area (Å²) in [6.45, 7) is 9.57. The minimum atomic E-state index is -1.41. The predicted molar refractivity (Wildman–Crippen MR) is 86.8 cm³/mol. The van der Waals surface area contributed by atoms with Gasteiger partial charge in [0, 0.05) is 0 Å². The number of aryl methyl sites for hydroxylation is 1. The topological polar surface area (TPSA) is 74.6 Å². The molecule has 0 bridgehead atoms. The number of benzene rings is 1. The molecule has 0 heterocycles. The second-order valence-corrected chi connectivity index (χ2v) is 5.30. The molecule has 0 unspecified atom stereocenters. The number of carboxylic acids is 2. The van der Waals surface area contributed by atoms with E-state index in [9.17, 15) is 19.8 Å². The monoisotopic (exact) mass is 302 g/mol. The molecular weight excluding hydrogens is 280 g/mol. The maximum atomic E-state index is 11.3. The summed E-state index contributed by atoms with van der Waals surface area (Å²) in [5.74, 6) is -2.81.